The molecule has 1 unspecified atom stereocenters. The highest BCUT2D eigenvalue weighted by Gasteiger charge is 2.08. The van der Waals surface area contributed by atoms with Crippen LogP contribution in [0.25, 0.3) is 0 Å². The molecule has 0 spiro atoms. The molecular formula is C8H20ClNO. The summed E-state index contributed by atoms with van der Waals surface area (Å²) < 4.78 is 0. The lowest BCUT2D eigenvalue weighted by Crippen LogP contribution is -2.34. The minimum absolute atomic E-state index is 0. The number of rotatable bonds is 5. The number of aliphatic hydroxyl groups is 1. The predicted molar refractivity (Wildman–Crippen MR) is 51.1 cm³/mol. The zero-order chi connectivity index (χ0) is 7.98. The van der Waals surface area contributed by atoms with Gasteiger partial charge < -0.3 is 5.11 Å². The second kappa shape index (κ2) is 8.31. The van der Waals surface area contributed by atoms with Gasteiger partial charge in [0, 0.05) is 0 Å². The first kappa shape index (κ1) is 13.8. The van der Waals surface area contributed by atoms with Crippen molar-refractivity contribution in [3.8, 4) is 0 Å². The van der Waals surface area contributed by atoms with Gasteiger partial charge in [0.1, 0.15) is 6.23 Å². The highest BCUT2D eigenvalue weighted by Crippen LogP contribution is 2.01. The minimum atomic E-state index is -0.222. The zero-order valence-electron chi connectivity index (χ0n) is 7.71. The van der Waals surface area contributed by atoms with E-state index < -0.39 is 0 Å². The van der Waals surface area contributed by atoms with Crippen LogP contribution in [0.5, 0.6) is 0 Å². The molecule has 0 saturated carbocycles. The molecule has 0 aromatic rings. The molecule has 0 aliphatic carbocycles. The van der Waals surface area contributed by atoms with Crippen LogP contribution in [0, 0.1) is 0 Å². The lowest BCUT2D eigenvalue weighted by Gasteiger charge is -2.24. The molecular weight excluding hydrogens is 162 g/mol. The van der Waals surface area contributed by atoms with Crippen LogP contribution in [0.4, 0.5) is 0 Å². The lowest BCUT2D eigenvalue weighted by atomic mass is 10.3. The summed E-state index contributed by atoms with van der Waals surface area (Å²) in [4.78, 5) is 2.06. The number of nitrogens with zero attached hydrogens (tertiary/aromatic N) is 1. The Morgan fingerprint density at radius 2 is 1.64 bits per heavy atom. The fraction of sp³-hybridized carbons (Fsp3) is 1.00. The standard InChI is InChI=1S/C8H19NO.ClH/c1-4-7-8(10)9(5-2)6-3;/h8,10H,4-7H2,1-3H3;1H. The molecule has 11 heavy (non-hydrogen) atoms. The molecule has 0 aliphatic heterocycles. The molecule has 0 heterocycles. The highest BCUT2D eigenvalue weighted by atomic mass is 35.5. The Labute approximate surface area is 76.0 Å². The van der Waals surface area contributed by atoms with Crippen LogP contribution in [-0.2, 0) is 0 Å². The normalized spacial score (nSPS) is 12.8. The first-order valence-corrected chi connectivity index (χ1v) is 4.18. The Bertz CT molecular complexity index is 76.5. The van der Waals surface area contributed by atoms with E-state index in [2.05, 4.69) is 25.7 Å². The summed E-state index contributed by atoms with van der Waals surface area (Å²) in [5.41, 5.74) is 0. The van der Waals surface area contributed by atoms with Gasteiger partial charge in [0.05, 0.1) is 0 Å². The van der Waals surface area contributed by atoms with Crippen molar-refractivity contribution in [1.82, 2.24) is 4.90 Å². The largest absolute Gasteiger partial charge is 0.378 e. The first-order chi connectivity index (χ1) is 4.76. The topological polar surface area (TPSA) is 23.5 Å². The lowest BCUT2D eigenvalue weighted by molar-refractivity contribution is 0.00416. The molecule has 3 heteroatoms. The van der Waals surface area contributed by atoms with Crippen LogP contribution in [-0.4, -0.2) is 29.3 Å². The predicted octanol–water partition coefficient (Wildman–Crippen LogP) is 1.87. The molecule has 1 atom stereocenters. The molecule has 70 valence electrons. The quantitative estimate of drug-likeness (QED) is 0.655. The third kappa shape index (κ3) is 5.48. The van der Waals surface area contributed by atoms with E-state index >= 15 is 0 Å². The fourth-order valence-electron chi connectivity index (χ4n) is 1.09. The molecule has 1 N–H and O–H groups in total. The monoisotopic (exact) mass is 181 g/mol. The van der Waals surface area contributed by atoms with Crippen molar-refractivity contribution < 1.29 is 5.11 Å². The van der Waals surface area contributed by atoms with Crippen molar-refractivity contribution in [2.45, 2.75) is 39.8 Å². The Morgan fingerprint density at radius 1 is 1.18 bits per heavy atom. The van der Waals surface area contributed by atoms with Gasteiger partial charge in [-0.1, -0.05) is 27.2 Å². The average Bonchev–Trinajstić information content (AvgIpc) is 1.91. The number of hydrogen-bond donors (Lipinski definition) is 1. The highest BCUT2D eigenvalue weighted by molar-refractivity contribution is 5.85. The molecule has 0 aliphatic rings. The minimum Gasteiger partial charge on any atom is -0.378 e. The van der Waals surface area contributed by atoms with E-state index in [1.807, 2.05) is 0 Å². The van der Waals surface area contributed by atoms with E-state index in [0.717, 1.165) is 25.9 Å². The van der Waals surface area contributed by atoms with Gasteiger partial charge in [0.2, 0.25) is 0 Å². The van der Waals surface area contributed by atoms with E-state index in [1.54, 1.807) is 0 Å². The Kier molecular flexibility index (Phi) is 10.4. The van der Waals surface area contributed by atoms with Gasteiger partial charge in [0.25, 0.3) is 0 Å². The average molecular weight is 182 g/mol. The maximum absolute atomic E-state index is 9.43. The van der Waals surface area contributed by atoms with Crippen LogP contribution in [0.15, 0.2) is 0 Å². The first-order valence-electron chi connectivity index (χ1n) is 4.18. The number of aliphatic hydroxyl groups excluding tert-OH is 1. The summed E-state index contributed by atoms with van der Waals surface area (Å²) in [6.07, 6.45) is 1.72. The van der Waals surface area contributed by atoms with E-state index in [-0.39, 0.29) is 18.6 Å². The van der Waals surface area contributed by atoms with Crippen molar-refractivity contribution >= 4 is 12.4 Å². The summed E-state index contributed by atoms with van der Waals surface area (Å²) in [5, 5.41) is 9.43. The van der Waals surface area contributed by atoms with Gasteiger partial charge in [-0.3, -0.25) is 4.90 Å². The van der Waals surface area contributed by atoms with Gasteiger partial charge >= 0.3 is 0 Å². The SMILES string of the molecule is CCCC(O)N(CC)CC.Cl. The number of hydrogen-bond acceptors (Lipinski definition) is 2. The van der Waals surface area contributed by atoms with Crippen LogP contribution in [0.3, 0.4) is 0 Å². The van der Waals surface area contributed by atoms with Gasteiger partial charge in [-0.15, -0.1) is 12.4 Å². The van der Waals surface area contributed by atoms with Gasteiger partial charge in [-0.25, -0.2) is 0 Å². The van der Waals surface area contributed by atoms with Crippen molar-refractivity contribution in [2.75, 3.05) is 13.1 Å². The summed E-state index contributed by atoms with van der Waals surface area (Å²) in [6.45, 7) is 8.12. The van der Waals surface area contributed by atoms with E-state index in [0.29, 0.717) is 0 Å². The zero-order valence-corrected chi connectivity index (χ0v) is 8.52. The van der Waals surface area contributed by atoms with Crippen LogP contribution < -0.4 is 0 Å². The van der Waals surface area contributed by atoms with E-state index in [9.17, 15) is 5.11 Å². The molecule has 0 bridgehead atoms. The van der Waals surface area contributed by atoms with Crippen molar-refractivity contribution in [2.24, 2.45) is 0 Å². The summed E-state index contributed by atoms with van der Waals surface area (Å²) in [7, 11) is 0. The second-order valence-electron chi connectivity index (χ2n) is 2.49. The number of halogens is 1. The molecule has 0 aromatic heterocycles. The molecule has 0 radical (unpaired) electrons. The molecule has 0 aromatic carbocycles. The maximum Gasteiger partial charge on any atom is 0.107 e. The van der Waals surface area contributed by atoms with Gasteiger partial charge in [0.15, 0.2) is 0 Å². The molecule has 0 amide bonds. The second-order valence-corrected chi connectivity index (χ2v) is 2.49. The van der Waals surface area contributed by atoms with Crippen LogP contribution in [0.2, 0.25) is 0 Å². The Hall–Kier alpha value is 0.210. The fourth-order valence-corrected chi connectivity index (χ4v) is 1.09. The van der Waals surface area contributed by atoms with Crippen molar-refractivity contribution in [3.05, 3.63) is 0 Å². The smallest absolute Gasteiger partial charge is 0.107 e. The maximum atomic E-state index is 9.43. The van der Waals surface area contributed by atoms with Crippen LogP contribution >= 0.6 is 12.4 Å². The Morgan fingerprint density at radius 3 is 1.91 bits per heavy atom. The van der Waals surface area contributed by atoms with Crippen molar-refractivity contribution in [1.29, 1.82) is 0 Å². The third-order valence-corrected chi connectivity index (χ3v) is 1.78. The molecule has 0 fully saturated rings. The third-order valence-electron chi connectivity index (χ3n) is 1.78. The van der Waals surface area contributed by atoms with E-state index in [1.165, 1.54) is 0 Å². The molecule has 0 saturated heterocycles. The van der Waals surface area contributed by atoms with Crippen molar-refractivity contribution in [3.63, 3.8) is 0 Å². The summed E-state index contributed by atoms with van der Waals surface area (Å²) in [5.74, 6) is 0. The Balaban J connectivity index is 0. The van der Waals surface area contributed by atoms with Gasteiger partial charge in [-0.2, -0.15) is 0 Å². The molecule has 2 nitrogen and oxygen atoms in total. The van der Waals surface area contributed by atoms with Gasteiger partial charge in [-0.05, 0) is 19.5 Å². The summed E-state index contributed by atoms with van der Waals surface area (Å²) >= 11 is 0. The van der Waals surface area contributed by atoms with E-state index in [4.69, 9.17) is 0 Å². The van der Waals surface area contributed by atoms with Crippen LogP contribution in [0.1, 0.15) is 33.6 Å². The summed E-state index contributed by atoms with van der Waals surface area (Å²) in [6, 6.07) is 0. The molecule has 0 rings (SSSR count).